The number of fused-ring (bicyclic) bond motifs is 6. The fourth-order valence-electron chi connectivity index (χ4n) is 6.91. The molecule has 2 heterocycles. The summed E-state index contributed by atoms with van der Waals surface area (Å²) >= 11 is 2.92. The van der Waals surface area contributed by atoms with Crippen molar-refractivity contribution in [1.82, 2.24) is 14.7 Å². The van der Waals surface area contributed by atoms with Crippen molar-refractivity contribution in [1.29, 1.82) is 0 Å². The summed E-state index contributed by atoms with van der Waals surface area (Å²) in [6.45, 7) is 2.62. The van der Waals surface area contributed by atoms with Crippen molar-refractivity contribution in [3.63, 3.8) is 0 Å². The molecule has 0 saturated heterocycles. The number of aryl methyl sites for hydroxylation is 5. The van der Waals surface area contributed by atoms with Gasteiger partial charge in [-0.05, 0) is 131 Å². The molecule has 3 aromatic carbocycles. The summed E-state index contributed by atoms with van der Waals surface area (Å²) in [6, 6.07) is 14.6. The number of carbonyl (C=O) groups is 2. The molecule has 0 unspecified atom stereocenters. The smallest absolute Gasteiger partial charge is 0.244 e. The van der Waals surface area contributed by atoms with Gasteiger partial charge in [0.1, 0.15) is 22.3 Å². The van der Waals surface area contributed by atoms with Gasteiger partial charge in [-0.25, -0.2) is 31.9 Å². The summed E-state index contributed by atoms with van der Waals surface area (Å²) in [6.07, 6.45) is 8.84. The molecule has 2 amide bonds. The van der Waals surface area contributed by atoms with Gasteiger partial charge >= 0.3 is 0 Å². The highest BCUT2D eigenvalue weighted by atomic mass is 32.2. The standard InChI is InChI=1S/C25H28FN3O4S2.C17H20FN3OS/c1-16-9-12-20(33-2)22(14-16)35(31,32)27-13-4-3-8-23(30)28-25-29-24-19-15-18(26)11-10-17(19)6-5-7-21(24)34-25;18-12-8-7-11-4-3-5-14-16(13(11)10-12)21-17(23-14)20-15(22)6-1-2-9-19/h9-12,14-15,27H,3-8,13H2,1-2H3,(H,28,29,30);7-8,10H,1-6,9,19H2,(H,20,21,22). The number of halogens is 2. The van der Waals surface area contributed by atoms with Crippen molar-refractivity contribution in [2.75, 3.05) is 30.8 Å². The number of aromatic nitrogens is 2. The van der Waals surface area contributed by atoms with E-state index in [1.165, 1.54) is 48.0 Å². The number of nitrogens with two attached hydrogens (primary N) is 1. The summed E-state index contributed by atoms with van der Waals surface area (Å²) in [5, 5.41) is 6.80. The Morgan fingerprint density at radius 2 is 1.29 bits per heavy atom. The van der Waals surface area contributed by atoms with E-state index in [0.29, 0.717) is 36.1 Å². The van der Waals surface area contributed by atoms with Gasteiger partial charge in [0.25, 0.3) is 0 Å². The zero-order chi connectivity index (χ0) is 41.2. The maximum atomic E-state index is 13.8. The van der Waals surface area contributed by atoms with E-state index in [1.807, 2.05) is 13.0 Å². The van der Waals surface area contributed by atoms with Crippen molar-refractivity contribution in [2.24, 2.45) is 5.73 Å². The van der Waals surface area contributed by atoms with E-state index in [2.05, 4.69) is 25.3 Å². The average Bonchev–Trinajstić information content (AvgIpc) is 3.69. The summed E-state index contributed by atoms with van der Waals surface area (Å²) in [5.41, 5.74) is 11.7. The van der Waals surface area contributed by atoms with Gasteiger partial charge in [0, 0.05) is 40.3 Å². The number of hydrogen-bond donors (Lipinski definition) is 4. The molecule has 0 aliphatic heterocycles. The van der Waals surface area contributed by atoms with Crippen LogP contribution in [0.15, 0.2) is 59.5 Å². The molecule has 0 atom stereocenters. The molecule has 11 nitrogen and oxygen atoms in total. The Bertz CT molecular complexity index is 2360. The Morgan fingerprint density at radius 1 is 0.759 bits per heavy atom. The monoisotopic (exact) mass is 850 g/mol. The number of nitrogens with one attached hydrogen (secondary N) is 3. The van der Waals surface area contributed by atoms with E-state index in [1.54, 1.807) is 30.3 Å². The highest BCUT2D eigenvalue weighted by Gasteiger charge is 2.23. The molecule has 7 rings (SSSR count). The number of benzene rings is 3. The third-order valence-corrected chi connectivity index (χ3v) is 13.4. The van der Waals surface area contributed by atoms with Gasteiger partial charge in [-0.2, -0.15) is 0 Å². The second-order valence-corrected chi connectivity index (χ2v) is 18.1. The number of unbranched alkanes of at least 4 members (excludes halogenated alkanes) is 2. The molecule has 2 aliphatic carbocycles. The summed E-state index contributed by atoms with van der Waals surface area (Å²) in [4.78, 5) is 35.8. The molecule has 0 saturated carbocycles. The minimum absolute atomic E-state index is 0.0400. The lowest BCUT2D eigenvalue weighted by atomic mass is 10.0. The molecule has 58 heavy (non-hydrogen) atoms. The number of thiazole rings is 2. The average molecular weight is 851 g/mol. The number of ether oxygens (including phenoxy) is 1. The highest BCUT2D eigenvalue weighted by Crippen LogP contribution is 2.39. The zero-order valence-electron chi connectivity index (χ0n) is 32.6. The van der Waals surface area contributed by atoms with Crippen LogP contribution in [-0.2, 0) is 45.3 Å². The van der Waals surface area contributed by atoms with Crippen LogP contribution in [0.1, 0.15) is 77.8 Å². The maximum Gasteiger partial charge on any atom is 0.244 e. The fourth-order valence-corrected chi connectivity index (χ4v) is 10.3. The van der Waals surface area contributed by atoms with Crippen LogP contribution in [0, 0.1) is 18.6 Å². The number of nitrogens with zero attached hydrogens (tertiary/aromatic N) is 2. The van der Waals surface area contributed by atoms with Crippen molar-refractivity contribution in [2.45, 2.75) is 88.9 Å². The Labute approximate surface area is 345 Å². The van der Waals surface area contributed by atoms with Crippen LogP contribution in [-0.4, -0.2) is 50.4 Å². The first-order chi connectivity index (χ1) is 27.9. The van der Waals surface area contributed by atoms with Crippen LogP contribution in [0.2, 0.25) is 0 Å². The van der Waals surface area contributed by atoms with Gasteiger partial charge < -0.3 is 21.1 Å². The summed E-state index contributed by atoms with van der Waals surface area (Å²) < 4.78 is 60.4. The Morgan fingerprint density at radius 3 is 1.81 bits per heavy atom. The molecule has 5 aromatic rings. The van der Waals surface area contributed by atoms with E-state index in [4.69, 9.17) is 10.5 Å². The van der Waals surface area contributed by atoms with Crippen LogP contribution >= 0.6 is 22.7 Å². The molecule has 0 radical (unpaired) electrons. The molecule has 2 aliphatic rings. The van der Waals surface area contributed by atoms with E-state index in [0.717, 1.165) is 100 Å². The number of carbonyl (C=O) groups excluding carboxylic acids is 2. The van der Waals surface area contributed by atoms with Crippen molar-refractivity contribution >= 4 is 54.8 Å². The van der Waals surface area contributed by atoms with Crippen LogP contribution in [0.4, 0.5) is 19.0 Å². The van der Waals surface area contributed by atoms with E-state index in [-0.39, 0.29) is 47.1 Å². The summed E-state index contributed by atoms with van der Waals surface area (Å²) in [7, 11) is -2.29. The number of hydrogen-bond acceptors (Lipinski definition) is 10. The normalized spacial score (nSPS) is 13.1. The first kappa shape index (κ1) is 43.0. The van der Waals surface area contributed by atoms with Crippen molar-refractivity contribution < 1.29 is 31.5 Å². The Hall–Kier alpha value is -4.61. The first-order valence-corrected chi connectivity index (χ1v) is 22.6. The zero-order valence-corrected chi connectivity index (χ0v) is 35.0. The molecule has 0 spiro atoms. The molecule has 16 heteroatoms. The molecule has 5 N–H and O–H groups in total. The van der Waals surface area contributed by atoms with E-state index < -0.39 is 10.0 Å². The quantitative estimate of drug-likeness (QED) is 0.0810. The van der Waals surface area contributed by atoms with Crippen LogP contribution in [0.25, 0.3) is 22.5 Å². The number of anilines is 2. The Kier molecular flexibility index (Phi) is 14.7. The Balaban J connectivity index is 0.000000213. The number of methoxy groups -OCH3 is 1. The highest BCUT2D eigenvalue weighted by molar-refractivity contribution is 7.89. The second-order valence-electron chi connectivity index (χ2n) is 14.2. The molecule has 0 fully saturated rings. The van der Waals surface area contributed by atoms with Gasteiger partial charge in [-0.3, -0.25) is 9.59 Å². The lowest BCUT2D eigenvalue weighted by Crippen LogP contribution is -2.25. The van der Waals surface area contributed by atoms with Gasteiger partial charge in [0.2, 0.25) is 21.8 Å². The van der Waals surface area contributed by atoms with Crippen LogP contribution in [0.3, 0.4) is 0 Å². The van der Waals surface area contributed by atoms with Gasteiger partial charge in [-0.15, -0.1) is 22.7 Å². The van der Waals surface area contributed by atoms with E-state index >= 15 is 0 Å². The summed E-state index contributed by atoms with van der Waals surface area (Å²) in [5.74, 6) is -0.489. The molecule has 2 aromatic heterocycles. The lowest BCUT2D eigenvalue weighted by Gasteiger charge is -2.11. The number of rotatable bonds is 14. The minimum atomic E-state index is -3.72. The lowest BCUT2D eigenvalue weighted by molar-refractivity contribution is -0.117. The topological polar surface area (TPSA) is 165 Å². The first-order valence-electron chi connectivity index (χ1n) is 19.4. The fraction of sp³-hybridized carbons (Fsp3) is 0.381. The van der Waals surface area contributed by atoms with Crippen LogP contribution < -0.4 is 25.8 Å². The third kappa shape index (κ3) is 11.1. The third-order valence-electron chi connectivity index (χ3n) is 9.83. The van der Waals surface area contributed by atoms with Crippen molar-refractivity contribution in [3.8, 4) is 28.3 Å². The largest absolute Gasteiger partial charge is 0.495 e. The second kappa shape index (κ2) is 19.9. The maximum absolute atomic E-state index is 13.8. The predicted octanol–water partition coefficient (Wildman–Crippen LogP) is 8.35. The van der Waals surface area contributed by atoms with Gasteiger partial charge in [0.15, 0.2) is 10.3 Å². The SMILES string of the molecule is COc1ccc(C)cc1S(=O)(=O)NCCCCC(=O)Nc1nc2c(s1)CCCc1ccc(F)cc1-2.NCCCCC(=O)Nc1nc2c(s1)CCCc1ccc(F)cc1-2. The van der Waals surface area contributed by atoms with Crippen molar-refractivity contribution in [3.05, 3.63) is 92.7 Å². The molecule has 0 bridgehead atoms. The van der Waals surface area contributed by atoms with Gasteiger partial charge in [-0.1, -0.05) is 18.2 Å². The van der Waals surface area contributed by atoms with Gasteiger partial charge in [0.05, 0.1) is 18.5 Å². The predicted molar refractivity (Wildman–Crippen MR) is 226 cm³/mol. The number of amides is 2. The molecular weight excluding hydrogens is 803 g/mol. The van der Waals surface area contributed by atoms with Crippen LogP contribution in [0.5, 0.6) is 5.75 Å². The van der Waals surface area contributed by atoms with E-state index in [9.17, 15) is 26.8 Å². The number of sulfonamides is 1. The molecular formula is C42H48F2N6O5S3. The minimum Gasteiger partial charge on any atom is -0.495 e. The molecule has 308 valence electrons.